The van der Waals surface area contributed by atoms with E-state index in [1.807, 2.05) is 72.8 Å². The summed E-state index contributed by atoms with van der Waals surface area (Å²) in [5, 5.41) is 0. The predicted molar refractivity (Wildman–Crippen MR) is 218 cm³/mol. The third kappa shape index (κ3) is 12.2. The number of rotatable bonds is 20. The van der Waals surface area contributed by atoms with Gasteiger partial charge in [-0.25, -0.2) is 19.2 Å². The lowest BCUT2D eigenvalue weighted by Gasteiger charge is -2.22. The van der Waals surface area contributed by atoms with Gasteiger partial charge < -0.3 is 28.4 Å². The first-order valence-electron chi connectivity index (χ1n) is 18.7. The molecule has 10 nitrogen and oxygen atoms in total. The van der Waals surface area contributed by atoms with Crippen LogP contribution in [0.2, 0.25) is 0 Å². The van der Waals surface area contributed by atoms with E-state index in [1.165, 1.54) is 12.2 Å². The van der Waals surface area contributed by atoms with E-state index in [1.54, 1.807) is 24.3 Å². The van der Waals surface area contributed by atoms with E-state index < -0.39 is 29.3 Å². The fourth-order valence-corrected chi connectivity index (χ4v) is 6.05. The quantitative estimate of drug-likeness (QED) is 0.0372. The second-order valence-electron chi connectivity index (χ2n) is 13.5. The summed E-state index contributed by atoms with van der Waals surface area (Å²) in [5.41, 5.74) is 5.18. The van der Waals surface area contributed by atoms with Gasteiger partial charge in [0.25, 0.3) is 0 Å². The minimum Gasteiger partial charge on any atom is -0.494 e. The Labute approximate surface area is 333 Å². The van der Waals surface area contributed by atoms with Crippen molar-refractivity contribution in [2.75, 3.05) is 26.4 Å². The third-order valence-corrected chi connectivity index (χ3v) is 9.08. The number of carbonyl (C=O) groups is 4. The number of hydrogen-bond donors (Lipinski definition) is 0. The van der Waals surface area contributed by atoms with Gasteiger partial charge in [0.2, 0.25) is 0 Å². The monoisotopic (exact) mass is 770 g/mol. The maximum atomic E-state index is 12.8. The normalized spacial score (nSPS) is 12.3. The molecule has 294 valence electrons. The summed E-state index contributed by atoms with van der Waals surface area (Å²) in [6, 6.07) is 25.9. The topological polar surface area (TPSA) is 124 Å². The summed E-state index contributed by atoms with van der Waals surface area (Å²) in [6.07, 6.45) is 11.2. The smallest absolute Gasteiger partial charge is 0.336 e. The van der Waals surface area contributed by atoms with Crippen LogP contribution in [0.25, 0.3) is 23.3 Å². The molecular weight excluding hydrogens is 725 g/mol. The molecule has 5 rings (SSSR count). The molecule has 0 aromatic heterocycles. The number of ether oxygens (including phenoxy) is 6. The van der Waals surface area contributed by atoms with Crippen LogP contribution in [-0.2, 0) is 34.1 Å². The fourth-order valence-electron chi connectivity index (χ4n) is 6.05. The van der Waals surface area contributed by atoms with Gasteiger partial charge in [0.1, 0.15) is 23.0 Å². The largest absolute Gasteiger partial charge is 0.494 e. The van der Waals surface area contributed by atoms with Crippen molar-refractivity contribution in [2.24, 2.45) is 0 Å². The van der Waals surface area contributed by atoms with Gasteiger partial charge in [-0.15, -0.1) is 0 Å². The van der Waals surface area contributed by atoms with E-state index in [-0.39, 0.29) is 0 Å². The van der Waals surface area contributed by atoms with Gasteiger partial charge in [0, 0.05) is 29.7 Å². The van der Waals surface area contributed by atoms with Crippen LogP contribution >= 0.6 is 0 Å². The number of benzene rings is 4. The number of fused-ring (bicyclic) bond motifs is 3. The molecule has 0 saturated heterocycles. The highest BCUT2D eigenvalue weighted by Crippen LogP contribution is 2.50. The molecule has 0 heterocycles. The van der Waals surface area contributed by atoms with E-state index >= 15 is 0 Å². The Morgan fingerprint density at radius 2 is 0.877 bits per heavy atom. The highest BCUT2D eigenvalue weighted by Gasteiger charge is 2.36. The predicted octanol–water partition coefficient (Wildman–Crippen LogP) is 9.01. The molecule has 0 fully saturated rings. The first kappa shape index (κ1) is 41.5. The van der Waals surface area contributed by atoms with Crippen LogP contribution in [0.4, 0.5) is 0 Å². The average molecular weight is 771 g/mol. The van der Waals surface area contributed by atoms with Gasteiger partial charge >= 0.3 is 23.9 Å². The Balaban J connectivity index is 1.09. The molecule has 4 aromatic rings. The summed E-state index contributed by atoms with van der Waals surface area (Å²) < 4.78 is 32.7. The summed E-state index contributed by atoms with van der Waals surface area (Å²) in [7, 11) is 0. The maximum Gasteiger partial charge on any atom is 0.336 e. The maximum absolute atomic E-state index is 12.8. The Morgan fingerprint density at radius 1 is 0.509 bits per heavy atom. The lowest BCUT2D eigenvalue weighted by Crippen LogP contribution is -2.16. The van der Waals surface area contributed by atoms with Crippen molar-refractivity contribution in [3.63, 3.8) is 0 Å². The van der Waals surface area contributed by atoms with Crippen LogP contribution in [0.5, 0.6) is 23.0 Å². The van der Waals surface area contributed by atoms with Crippen molar-refractivity contribution in [1.82, 2.24) is 0 Å². The molecule has 57 heavy (non-hydrogen) atoms. The second kappa shape index (κ2) is 20.3. The molecule has 0 bridgehead atoms. The number of unbranched alkanes of at least 4 members (excludes halogenated alkanes) is 2. The molecule has 0 N–H and O–H groups in total. The zero-order chi connectivity index (χ0) is 40.6. The van der Waals surface area contributed by atoms with Crippen molar-refractivity contribution in [1.29, 1.82) is 0 Å². The molecule has 10 heteroatoms. The summed E-state index contributed by atoms with van der Waals surface area (Å²) in [4.78, 5) is 47.7. The van der Waals surface area contributed by atoms with Crippen molar-refractivity contribution < 1.29 is 47.6 Å². The lowest BCUT2D eigenvalue weighted by molar-refractivity contribution is -0.138. The molecule has 0 saturated carbocycles. The summed E-state index contributed by atoms with van der Waals surface area (Å²) in [6.45, 7) is 12.5. The highest BCUT2D eigenvalue weighted by molar-refractivity contribution is 5.90. The number of carbonyl (C=O) groups excluding carboxylic acids is 4. The minimum atomic E-state index is -0.510. The molecule has 0 radical (unpaired) electrons. The summed E-state index contributed by atoms with van der Waals surface area (Å²) >= 11 is 0. The third-order valence-electron chi connectivity index (χ3n) is 9.08. The van der Waals surface area contributed by atoms with Crippen LogP contribution in [0.3, 0.4) is 0 Å². The molecule has 1 aliphatic rings. The molecule has 0 atom stereocenters. The molecule has 0 aliphatic heterocycles. The SMILES string of the molecule is C=CC(=O)OCCCCOc1ccc(C=CC(=O)Oc2ccc3c(c2)C(C)(C)c2cc(OC(=O)C=Cc4ccc(OCCCCOC(=O)C=C)cc4)ccc2-3)cc1. The molecule has 0 unspecified atom stereocenters. The van der Waals surface area contributed by atoms with E-state index in [0.29, 0.717) is 62.3 Å². The first-order valence-corrected chi connectivity index (χ1v) is 18.7. The van der Waals surface area contributed by atoms with Crippen molar-refractivity contribution >= 4 is 36.0 Å². The second-order valence-corrected chi connectivity index (χ2v) is 13.5. The van der Waals surface area contributed by atoms with E-state index in [0.717, 1.165) is 58.4 Å². The van der Waals surface area contributed by atoms with E-state index in [2.05, 4.69) is 27.0 Å². The van der Waals surface area contributed by atoms with Gasteiger partial charge in [0.05, 0.1) is 26.4 Å². The van der Waals surface area contributed by atoms with E-state index in [4.69, 9.17) is 28.4 Å². The minimum absolute atomic E-state index is 0.323. The Bertz CT molecular complexity index is 1970. The fraction of sp³-hybridized carbons (Fsp3) is 0.234. The molecule has 1 aliphatic carbocycles. The van der Waals surface area contributed by atoms with Gasteiger partial charge in [0.15, 0.2) is 0 Å². The van der Waals surface area contributed by atoms with Crippen LogP contribution in [0.1, 0.15) is 61.8 Å². The highest BCUT2D eigenvalue weighted by atomic mass is 16.5. The lowest BCUT2D eigenvalue weighted by atomic mass is 9.82. The van der Waals surface area contributed by atoms with Gasteiger partial charge in [-0.1, -0.05) is 63.4 Å². The zero-order valence-electron chi connectivity index (χ0n) is 32.2. The standard InChI is InChI=1S/C47H46O10/c1-5-43(48)54-29-9-7-27-52-35-17-11-33(12-18-35)15-25-45(50)56-37-21-23-39-40-24-22-38(32-42(40)47(3,4)41(39)31-37)57-46(51)26-16-34-13-19-36(20-14-34)53-28-8-10-30-55-44(49)6-2/h5-6,11-26,31-32H,1-2,7-10,27-30H2,3-4H3. The van der Waals surface area contributed by atoms with Crippen LogP contribution in [0, 0.1) is 0 Å². The van der Waals surface area contributed by atoms with Crippen LogP contribution in [0.15, 0.2) is 122 Å². The van der Waals surface area contributed by atoms with Crippen molar-refractivity contribution in [3.05, 3.63) is 145 Å². The van der Waals surface area contributed by atoms with Crippen molar-refractivity contribution in [2.45, 2.75) is 44.9 Å². The summed E-state index contributed by atoms with van der Waals surface area (Å²) in [5.74, 6) is 0.356. The Morgan fingerprint density at radius 3 is 1.26 bits per heavy atom. The zero-order valence-corrected chi connectivity index (χ0v) is 32.2. The van der Waals surface area contributed by atoms with Gasteiger partial charge in [-0.2, -0.15) is 0 Å². The number of hydrogen-bond acceptors (Lipinski definition) is 10. The van der Waals surface area contributed by atoms with E-state index in [9.17, 15) is 19.2 Å². The molecule has 0 spiro atoms. The molecule has 0 amide bonds. The van der Waals surface area contributed by atoms with Crippen LogP contribution in [-0.4, -0.2) is 50.3 Å². The Kier molecular flexibility index (Phi) is 14.8. The first-order chi connectivity index (χ1) is 27.5. The van der Waals surface area contributed by atoms with Crippen molar-refractivity contribution in [3.8, 4) is 34.1 Å². The number of esters is 4. The average Bonchev–Trinajstić information content (AvgIpc) is 3.44. The van der Waals surface area contributed by atoms with Crippen LogP contribution < -0.4 is 18.9 Å². The molecule has 4 aromatic carbocycles. The van der Waals surface area contributed by atoms with Gasteiger partial charge in [-0.3, -0.25) is 0 Å². The van der Waals surface area contributed by atoms with Gasteiger partial charge in [-0.05, 0) is 120 Å². The molecular formula is C47H46O10. The Hall–Kier alpha value is -6.68.